The molecule has 1 aromatic carbocycles. The molecular formula is C18H23FN6O. The van der Waals surface area contributed by atoms with Gasteiger partial charge in [-0.15, -0.1) is 0 Å². The highest BCUT2D eigenvalue weighted by atomic mass is 19.1. The molecule has 0 radical (unpaired) electrons. The predicted octanol–water partition coefficient (Wildman–Crippen LogP) is 1.96. The summed E-state index contributed by atoms with van der Waals surface area (Å²) in [5, 5.41) is 4.95. The Labute approximate surface area is 152 Å². The van der Waals surface area contributed by atoms with E-state index in [0.717, 1.165) is 43.7 Å². The van der Waals surface area contributed by atoms with E-state index in [2.05, 4.69) is 25.6 Å². The van der Waals surface area contributed by atoms with Crippen molar-refractivity contribution < 1.29 is 9.18 Å². The van der Waals surface area contributed by atoms with Gasteiger partial charge in [0.05, 0.1) is 18.9 Å². The van der Waals surface area contributed by atoms with E-state index in [4.69, 9.17) is 0 Å². The normalized spacial score (nSPS) is 17.3. The van der Waals surface area contributed by atoms with Crippen LogP contribution in [-0.4, -0.2) is 54.0 Å². The Morgan fingerprint density at radius 1 is 1.35 bits per heavy atom. The Kier molecular flexibility index (Phi) is 6.08. The number of hydrazine groups is 1. The molecule has 0 amide bonds. The lowest BCUT2D eigenvalue weighted by atomic mass is 10.1. The lowest BCUT2D eigenvalue weighted by Gasteiger charge is -2.35. The third-order valence-electron chi connectivity index (χ3n) is 4.24. The average Bonchev–Trinajstić information content (AvgIpc) is 2.64. The van der Waals surface area contributed by atoms with Crippen molar-refractivity contribution >= 4 is 23.6 Å². The first kappa shape index (κ1) is 18.2. The molecular weight excluding hydrogens is 335 g/mol. The smallest absolute Gasteiger partial charge is 0.151 e. The van der Waals surface area contributed by atoms with Gasteiger partial charge in [0.15, 0.2) is 5.82 Å². The number of nitrogens with zero attached hydrogens (tertiary/aromatic N) is 4. The van der Waals surface area contributed by atoms with E-state index in [9.17, 15) is 9.18 Å². The zero-order valence-corrected chi connectivity index (χ0v) is 14.7. The van der Waals surface area contributed by atoms with Crippen molar-refractivity contribution in [2.24, 2.45) is 0 Å². The van der Waals surface area contributed by atoms with Crippen LogP contribution < -0.4 is 15.6 Å². The summed E-state index contributed by atoms with van der Waals surface area (Å²) in [6.45, 7) is 2.05. The summed E-state index contributed by atoms with van der Waals surface area (Å²) < 4.78 is 13.0. The third kappa shape index (κ3) is 4.96. The summed E-state index contributed by atoms with van der Waals surface area (Å²) in [5.74, 6) is 1.13. The van der Waals surface area contributed by atoms with Crippen LogP contribution in [0.3, 0.4) is 0 Å². The van der Waals surface area contributed by atoms with E-state index < -0.39 is 0 Å². The van der Waals surface area contributed by atoms with Crippen molar-refractivity contribution in [3.8, 4) is 0 Å². The maximum absolute atomic E-state index is 13.0. The van der Waals surface area contributed by atoms with Gasteiger partial charge in [0.1, 0.15) is 17.9 Å². The van der Waals surface area contributed by atoms with Crippen LogP contribution in [0.4, 0.5) is 21.7 Å². The van der Waals surface area contributed by atoms with Crippen molar-refractivity contribution in [1.29, 1.82) is 0 Å². The highest BCUT2D eigenvalue weighted by Crippen LogP contribution is 2.21. The van der Waals surface area contributed by atoms with Gasteiger partial charge in [-0.2, -0.15) is 0 Å². The van der Waals surface area contributed by atoms with Crippen molar-refractivity contribution in [2.45, 2.75) is 18.9 Å². The number of carbonyl (C=O) groups is 1. The molecule has 2 heterocycles. The molecule has 1 aliphatic rings. The molecule has 0 unspecified atom stereocenters. The van der Waals surface area contributed by atoms with E-state index in [1.165, 1.54) is 12.1 Å². The van der Waals surface area contributed by atoms with Crippen LogP contribution >= 0.6 is 0 Å². The number of piperidine rings is 1. The fourth-order valence-corrected chi connectivity index (χ4v) is 3.02. The molecule has 1 atom stereocenters. The van der Waals surface area contributed by atoms with Crippen LogP contribution in [0.25, 0.3) is 0 Å². The number of halogens is 1. The van der Waals surface area contributed by atoms with Crippen LogP contribution in [0, 0.1) is 5.82 Å². The van der Waals surface area contributed by atoms with Gasteiger partial charge in [-0.25, -0.2) is 14.4 Å². The summed E-state index contributed by atoms with van der Waals surface area (Å²) in [6, 6.07) is 6.37. The lowest BCUT2D eigenvalue weighted by Crippen LogP contribution is -2.51. The second-order valence-corrected chi connectivity index (χ2v) is 6.36. The number of benzene rings is 1. The molecule has 1 aromatic heterocycles. The highest BCUT2D eigenvalue weighted by Gasteiger charge is 2.22. The second kappa shape index (κ2) is 8.68. The topological polar surface area (TPSA) is 73.4 Å². The monoisotopic (exact) mass is 358 g/mol. The van der Waals surface area contributed by atoms with Crippen molar-refractivity contribution in [1.82, 2.24) is 20.4 Å². The molecule has 1 saturated heterocycles. The van der Waals surface area contributed by atoms with Crippen molar-refractivity contribution in [3.63, 3.8) is 0 Å². The summed E-state index contributed by atoms with van der Waals surface area (Å²) >= 11 is 0. The summed E-state index contributed by atoms with van der Waals surface area (Å²) in [5.41, 5.74) is 4.10. The molecule has 8 heteroatoms. The van der Waals surface area contributed by atoms with Crippen LogP contribution in [-0.2, 0) is 4.79 Å². The number of likely N-dealkylation sites (N-methyl/N-ethyl adjacent to an activating group) is 1. The number of rotatable bonds is 7. The first-order valence-corrected chi connectivity index (χ1v) is 8.64. The van der Waals surface area contributed by atoms with E-state index >= 15 is 0 Å². The van der Waals surface area contributed by atoms with Crippen LogP contribution in [0.5, 0.6) is 0 Å². The number of carbonyl (C=O) groups excluding carboxylic acids is 1. The first-order valence-electron chi connectivity index (χ1n) is 8.64. The molecule has 2 aromatic rings. The zero-order valence-electron chi connectivity index (χ0n) is 14.7. The fourth-order valence-electron chi connectivity index (χ4n) is 3.02. The van der Waals surface area contributed by atoms with E-state index in [1.807, 2.05) is 7.05 Å². The molecule has 0 bridgehead atoms. The van der Waals surface area contributed by atoms with E-state index in [1.54, 1.807) is 29.5 Å². The minimum atomic E-state index is -0.276. The van der Waals surface area contributed by atoms with Gasteiger partial charge in [0.2, 0.25) is 0 Å². The zero-order chi connectivity index (χ0) is 18.4. The van der Waals surface area contributed by atoms with Crippen molar-refractivity contribution in [2.75, 3.05) is 36.9 Å². The summed E-state index contributed by atoms with van der Waals surface area (Å²) in [4.78, 5) is 21.7. The molecule has 0 aliphatic carbocycles. The van der Waals surface area contributed by atoms with Gasteiger partial charge in [0, 0.05) is 31.9 Å². The fraction of sp³-hybridized carbons (Fsp3) is 0.389. The third-order valence-corrected chi connectivity index (χ3v) is 4.24. The SMILES string of the molecule is CN(CC=O)N[C@@H]1CCCN(c2cncc(Nc3ccc(F)cc3)n2)C1. The number of hydrogen-bond acceptors (Lipinski definition) is 7. The number of nitrogens with one attached hydrogen (secondary N) is 2. The maximum atomic E-state index is 13.0. The van der Waals surface area contributed by atoms with Crippen molar-refractivity contribution in [3.05, 3.63) is 42.5 Å². The average molecular weight is 358 g/mol. The summed E-state index contributed by atoms with van der Waals surface area (Å²) in [7, 11) is 1.86. The molecule has 7 nitrogen and oxygen atoms in total. The van der Waals surface area contributed by atoms with Gasteiger partial charge in [-0.1, -0.05) is 0 Å². The first-order chi connectivity index (χ1) is 12.6. The summed E-state index contributed by atoms with van der Waals surface area (Å²) in [6.07, 6.45) is 6.34. The second-order valence-electron chi connectivity index (χ2n) is 6.36. The Balaban J connectivity index is 1.65. The predicted molar refractivity (Wildman–Crippen MR) is 98.8 cm³/mol. The Morgan fingerprint density at radius 2 is 2.15 bits per heavy atom. The standard InChI is InChI=1S/C18H23FN6O/c1-24(9-10-26)23-16-3-2-8-25(13-16)18-12-20-11-17(22-18)21-15-6-4-14(19)5-7-15/h4-7,10-12,16,23H,2-3,8-9,13H2,1H3,(H,21,22)/t16-/m1/s1. The highest BCUT2D eigenvalue weighted by molar-refractivity contribution is 5.57. The van der Waals surface area contributed by atoms with E-state index in [-0.39, 0.29) is 11.9 Å². The van der Waals surface area contributed by atoms with Gasteiger partial charge in [-0.05, 0) is 37.1 Å². The van der Waals surface area contributed by atoms with Gasteiger partial charge < -0.3 is 15.0 Å². The lowest BCUT2D eigenvalue weighted by molar-refractivity contribution is -0.109. The molecule has 1 fully saturated rings. The minimum Gasteiger partial charge on any atom is -0.354 e. The molecule has 2 N–H and O–H groups in total. The minimum absolute atomic E-state index is 0.254. The van der Waals surface area contributed by atoms with Crippen LogP contribution in [0.2, 0.25) is 0 Å². The van der Waals surface area contributed by atoms with Gasteiger partial charge in [-0.3, -0.25) is 10.4 Å². The van der Waals surface area contributed by atoms with Gasteiger partial charge in [0.25, 0.3) is 0 Å². The Hall–Kier alpha value is -2.58. The molecule has 0 saturated carbocycles. The Bertz CT molecular complexity index is 726. The maximum Gasteiger partial charge on any atom is 0.151 e. The van der Waals surface area contributed by atoms with Crippen LogP contribution in [0.15, 0.2) is 36.7 Å². The quantitative estimate of drug-likeness (QED) is 0.579. The molecule has 1 aliphatic heterocycles. The van der Waals surface area contributed by atoms with E-state index in [0.29, 0.717) is 12.4 Å². The molecule has 138 valence electrons. The molecule has 3 rings (SSSR count). The largest absolute Gasteiger partial charge is 0.354 e. The molecule has 26 heavy (non-hydrogen) atoms. The molecule has 0 spiro atoms. The number of anilines is 3. The number of aldehydes is 1. The number of hydrogen-bond donors (Lipinski definition) is 2. The Morgan fingerprint density at radius 3 is 2.92 bits per heavy atom. The van der Waals surface area contributed by atoms with Crippen LogP contribution in [0.1, 0.15) is 12.8 Å². The van der Waals surface area contributed by atoms with Gasteiger partial charge >= 0.3 is 0 Å². The number of aromatic nitrogens is 2.